The van der Waals surface area contributed by atoms with Gasteiger partial charge in [-0.05, 0) is 25.0 Å². The van der Waals surface area contributed by atoms with Crippen molar-refractivity contribution in [3.63, 3.8) is 0 Å². The molecule has 0 amide bonds. The minimum Gasteiger partial charge on any atom is -0.179 e. The van der Waals surface area contributed by atoms with Gasteiger partial charge in [0.2, 0.25) is 0 Å². The Morgan fingerprint density at radius 1 is 1.33 bits per heavy atom. The van der Waals surface area contributed by atoms with E-state index in [1.807, 2.05) is 0 Å². The van der Waals surface area contributed by atoms with Crippen molar-refractivity contribution in [3.05, 3.63) is 6.92 Å². The SMILES string of the molecule is [CH2]CCC(S)CCCS. The summed E-state index contributed by atoms with van der Waals surface area (Å²) in [5, 5.41) is 0.551. The first kappa shape index (κ1) is 9.70. The molecule has 0 aromatic rings. The first-order chi connectivity index (χ1) is 4.31. The minimum absolute atomic E-state index is 0.551. The summed E-state index contributed by atoms with van der Waals surface area (Å²) in [7, 11) is 0. The lowest BCUT2D eigenvalue weighted by Gasteiger charge is -2.05. The Kier molecular flexibility index (Phi) is 7.34. The van der Waals surface area contributed by atoms with Crippen molar-refractivity contribution < 1.29 is 0 Å². The first-order valence-corrected chi connectivity index (χ1v) is 4.54. The predicted molar refractivity (Wildman–Crippen MR) is 50.5 cm³/mol. The summed E-state index contributed by atoms with van der Waals surface area (Å²) < 4.78 is 0. The van der Waals surface area contributed by atoms with Gasteiger partial charge in [0.15, 0.2) is 0 Å². The molecule has 0 bridgehead atoms. The molecule has 1 radical (unpaired) electrons. The van der Waals surface area contributed by atoms with E-state index in [2.05, 4.69) is 32.2 Å². The Hall–Kier alpha value is 0.700. The molecule has 0 fully saturated rings. The van der Waals surface area contributed by atoms with E-state index in [0.29, 0.717) is 5.25 Å². The van der Waals surface area contributed by atoms with Gasteiger partial charge in [0.05, 0.1) is 0 Å². The molecule has 9 heavy (non-hydrogen) atoms. The van der Waals surface area contributed by atoms with Crippen molar-refractivity contribution in [1.29, 1.82) is 0 Å². The molecule has 0 heterocycles. The summed E-state index contributed by atoms with van der Waals surface area (Å²) >= 11 is 8.48. The Morgan fingerprint density at radius 2 is 2.00 bits per heavy atom. The van der Waals surface area contributed by atoms with Crippen molar-refractivity contribution in [3.8, 4) is 0 Å². The van der Waals surface area contributed by atoms with Crippen LogP contribution in [0.5, 0.6) is 0 Å². The molecule has 0 saturated carbocycles. The van der Waals surface area contributed by atoms with E-state index >= 15 is 0 Å². The fourth-order valence-corrected chi connectivity index (χ4v) is 1.25. The van der Waals surface area contributed by atoms with Crippen molar-refractivity contribution in [1.82, 2.24) is 0 Å². The molecule has 0 aliphatic carbocycles. The van der Waals surface area contributed by atoms with E-state index in [-0.39, 0.29) is 0 Å². The maximum absolute atomic E-state index is 4.37. The molecule has 1 atom stereocenters. The molecule has 0 rings (SSSR count). The summed E-state index contributed by atoms with van der Waals surface area (Å²) in [4.78, 5) is 0. The molecule has 0 aromatic carbocycles. The molecule has 0 nitrogen and oxygen atoms in total. The first-order valence-electron chi connectivity index (χ1n) is 3.39. The van der Waals surface area contributed by atoms with Crippen LogP contribution in [0.15, 0.2) is 0 Å². The van der Waals surface area contributed by atoms with E-state index in [4.69, 9.17) is 0 Å². The third kappa shape index (κ3) is 6.59. The van der Waals surface area contributed by atoms with Crippen LogP contribution in [-0.2, 0) is 0 Å². The normalized spacial score (nSPS) is 13.7. The third-order valence-electron chi connectivity index (χ3n) is 1.23. The Bertz CT molecular complexity index is 54.9. The van der Waals surface area contributed by atoms with Crippen molar-refractivity contribution in [2.45, 2.75) is 30.9 Å². The van der Waals surface area contributed by atoms with Crippen LogP contribution < -0.4 is 0 Å². The van der Waals surface area contributed by atoms with Gasteiger partial charge in [-0.3, -0.25) is 0 Å². The van der Waals surface area contributed by atoms with Crippen molar-refractivity contribution in [2.75, 3.05) is 5.75 Å². The second kappa shape index (κ2) is 6.81. The standard InChI is InChI=1S/C7H15S2/c1-2-4-7(9)5-3-6-8/h7-9H,1-6H2. The molecule has 0 saturated heterocycles. The molecular weight excluding hydrogens is 148 g/mol. The highest BCUT2D eigenvalue weighted by molar-refractivity contribution is 7.81. The zero-order valence-corrected chi connectivity index (χ0v) is 7.50. The quantitative estimate of drug-likeness (QED) is 0.572. The smallest absolute Gasteiger partial charge is 0.00171 e. The van der Waals surface area contributed by atoms with Gasteiger partial charge in [-0.2, -0.15) is 25.3 Å². The maximum atomic E-state index is 4.37. The fourth-order valence-electron chi connectivity index (χ4n) is 0.707. The fraction of sp³-hybridized carbons (Fsp3) is 0.857. The van der Waals surface area contributed by atoms with Crippen LogP contribution in [0.4, 0.5) is 0 Å². The van der Waals surface area contributed by atoms with Crippen LogP contribution in [0.3, 0.4) is 0 Å². The molecule has 0 aliphatic rings. The highest BCUT2D eigenvalue weighted by Crippen LogP contribution is 2.10. The monoisotopic (exact) mass is 163 g/mol. The van der Waals surface area contributed by atoms with Crippen LogP contribution in [-0.4, -0.2) is 11.0 Å². The van der Waals surface area contributed by atoms with Crippen LogP contribution in [0.1, 0.15) is 25.7 Å². The second-order valence-electron chi connectivity index (χ2n) is 2.16. The summed E-state index contributed by atoms with van der Waals surface area (Å²) in [6.45, 7) is 3.77. The van der Waals surface area contributed by atoms with E-state index in [1.54, 1.807) is 0 Å². The summed E-state index contributed by atoms with van der Waals surface area (Å²) in [5.74, 6) is 0.980. The average molecular weight is 163 g/mol. The number of thiol groups is 2. The molecule has 0 aliphatic heterocycles. The molecule has 1 unspecified atom stereocenters. The Balaban J connectivity index is 2.95. The van der Waals surface area contributed by atoms with Crippen molar-refractivity contribution in [2.24, 2.45) is 0 Å². The highest BCUT2D eigenvalue weighted by Gasteiger charge is 1.98. The maximum Gasteiger partial charge on any atom is 0.00171 e. The van der Waals surface area contributed by atoms with Gasteiger partial charge in [-0.15, -0.1) is 0 Å². The second-order valence-corrected chi connectivity index (χ2v) is 3.34. The van der Waals surface area contributed by atoms with Gasteiger partial charge in [0, 0.05) is 5.25 Å². The lowest BCUT2D eigenvalue weighted by molar-refractivity contribution is 0.699. The lowest BCUT2D eigenvalue weighted by atomic mass is 10.2. The molecule has 0 spiro atoms. The molecule has 55 valence electrons. The van der Waals surface area contributed by atoms with Crippen LogP contribution >= 0.6 is 25.3 Å². The zero-order chi connectivity index (χ0) is 7.11. The number of hydrogen-bond acceptors (Lipinski definition) is 2. The van der Waals surface area contributed by atoms with Gasteiger partial charge in [-0.1, -0.05) is 13.3 Å². The van der Waals surface area contributed by atoms with Gasteiger partial charge >= 0.3 is 0 Å². The Labute approximate surface area is 69.2 Å². The van der Waals surface area contributed by atoms with Crippen LogP contribution in [0.25, 0.3) is 0 Å². The van der Waals surface area contributed by atoms with Gasteiger partial charge in [0.25, 0.3) is 0 Å². The topological polar surface area (TPSA) is 0 Å². The number of rotatable bonds is 5. The van der Waals surface area contributed by atoms with E-state index in [1.165, 1.54) is 12.8 Å². The van der Waals surface area contributed by atoms with E-state index < -0.39 is 0 Å². The van der Waals surface area contributed by atoms with E-state index in [0.717, 1.165) is 18.6 Å². The van der Waals surface area contributed by atoms with Gasteiger partial charge < -0.3 is 0 Å². The van der Waals surface area contributed by atoms with Crippen LogP contribution in [0.2, 0.25) is 0 Å². The largest absolute Gasteiger partial charge is 0.179 e. The minimum atomic E-state index is 0.551. The van der Waals surface area contributed by atoms with Gasteiger partial charge in [0.1, 0.15) is 0 Å². The van der Waals surface area contributed by atoms with Crippen LogP contribution in [0, 0.1) is 6.92 Å². The van der Waals surface area contributed by atoms with E-state index in [9.17, 15) is 0 Å². The van der Waals surface area contributed by atoms with Crippen molar-refractivity contribution >= 4 is 25.3 Å². The summed E-state index contributed by atoms with van der Waals surface area (Å²) in [6.07, 6.45) is 4.50. The number of hydrogen-bond donors (Lipinski definition) is 2. The summed E-state index contributed by atoms with van der Waals surface area (Å²) in [6, 6.07) is 0. The predicted octanol–water partition coefficient (Wildman–Crippen LogP) is 2.61. The highest BCUT2D eigenvalue weighted by atomic mass is 32.1. The molecule has 0 aromatic heterocycles. The zero-order valence-electron chi connectivity index (χ0n) is 5.71. The lowest BCUT2D eigenvalue weighted by Crippen LogP contribution is -1.97. The van der Waals surface area contributed by atoms with Gasteiger partial charge in [-0.25, -0.2) is 0 Å². The summed E-state index contributed by atoms with van der Waals surface area (Å²) in [5.41, 5.74) is 0. The Morgan fingerprint density at radius 3 is 2.44 bits per heavy atom. The molecule has 0 N–H and O–H groups in total. The molecular formula is C7H15S2. The third-order valence-corrected chi connectivity index (χ3v) is 2.07. The molecule has 2 heteroatoms. The average Bonchev–Trinajstić information content (AvgIpc) is 1.85.